The monoisotopic (exact) mass is 480 g/mol. The van der Waals surface area contributed by atoms with Crippen LogP contribution in [0.5, 0.6) is 0 Å². The number of hydrogen-bond donors (Lipinski definition) is 0. The molecular weight excluding hydrogens is 452 g/mol. The van der Waals surface area contributed by atoms with Gasteiger partial charge >= 0.3 is 0 Å². The molecule has 36 heavy (non-hydrogen) atoms. The number of nitrogens with zero attached hydrogens (tertiary/aromatic N) is 4. The molecule has 0 N–H and O–H groups in total. The van der Waals surface area contributed by atoms with Crippen molar-refractivity contribution in [2.75, 3.05) is 13.2 Å². The predicted octanol–water partition coefficient (Wildman–Crippen LogP) is 4.95. The lowest BCUT2D eigenvalue weighted by Gasteiger charge is -2.27. The number of carbonyl (C=O) groups excluding carboxylic acids is 2. The molecule has 1 aliphatic rings. The van der Waals surface area contributed by atoms with Crippen molar-refractivity contribution in [2.24, 2.45) is 0 Å². The second kappa shape index (κ2) is 11.0. The van der Waals surface area contributed by atoms with Crippen molar-refractivity contribution >= 4 is 17.9 Å². The minimum atomic E-state index is -0.565. The topological polar surface area (TPSA) is 88.2 Å². The summed E-state index contributed by atoms with van der Waals surface area (Å²) < 4.78 is 7.32. The summed E-state index contributed by atoms with van der Waals surface area (Å²) in [4.78, 5) is 27.6. The minimum Gasteiger partial charge on any atom is -0.379 e. The largest absolute Gasteiger partial charge is 0.379 e. The third kappa shape index (κ3) is 5.19. The van der Waals surface area contributed by atoms with Crippen molar-refractivity contribution in [1.29, 1.82) is 5.26 Å². The van der Waals surface area contributed by atoms with Crippen LogP contribution in [0.4, 0.5) is 0 Å². The van der Waals surface area contributed by atoms with E-state index in [0.29, 0.717) is 35.4 Å². The van der Waals surface area contributed by atoms with Crippen LogP contribution in [0.15, 0.2) is 83.6 Å². The highest BCUT2D eigenvalue weighted by molar-refractivity contribution is 6.19. The molecule has 3 aromatic rings. The Morgan fingerprint density at radius 1 is 1.03 bits per heavy atom. The van der Waals surface area contributed by atoms with Gasteiger partial charge in [-0.2, -0.15) is 10.4 Å². The van der Waals surface area contributed by atoms with Gasteiger partial charge in [-0.05, 0) is 51.0 Å². The Bertz CT molecular complexity index is 1360. The first-order valence-electron chi connectivity index (χ1n) is 11.9. The Morgan fingerprint density at radius 2 is 1.69 bits per heavy atom. The summed E-state index contributed by atoms with van der Waals surface area (Å²) in [6.45, 7) is 6.09. The van der Waals surface area contributed by atoms with Crippen molar-refractivity contribution in [2.45, 2.75) is 33.3 Å². The Balaban J connectivity index is 1.78. The fourth-order valence-electron chi connectivity index (χ4n) is 4.06. The van der Waals surface area contributed by atoms with E-state index < -0.39 is 11.8 Å². The van der Waals surface area contributed by atoms with Crippen LogP contribution in [0.2, 0.25) is 0 Å². The normalized spacial score (nSPS) is 15.2. The standard InChI is InChI=1S/C29H28N4O3/c1-20(2)36-16-10-15-32-28(34)25(21(3)26(18-30)29(32)35)17-23-19-33(24-13-8-5-9-14-24)31-27(23)22-11-6-4-7-12-22/h4-9,11-14,17,19-20H,10,15-16H2,1-3H3/b25-17+. The van der Waals surface area contributed by atoms with Crippen LogP contribution < -0.4 is 0 Å². The number of amides is 2. The molecule has 0 saturated heterocycles. The molecule has 0 spiro atoms. The first kappa shape index (κ1) is 24.8. The highest BCUT2D eigenvalue weighted by Gasteiger charge is 2.35. The molecule has 0 saturated carbocycles. The van der Waals surface area contributed by atoms with E-state index in [1.165, 1.54) is 0 Å². The lowest BCUT2D eigenvalue weighted by molar-refractivity contribution is -0.140. The zero-order valence-electron chi connectivity index (χ0n) is 20.6. The summed E-state index contributed by atoms with van der Waals surface area (Å²) >= 11 is 0. The van der Waals surface area contributed by atoms with Gasteiger partial charge in [-0.1, -0.05) is 48.5 Å². The van der Waals surface area contributed by atoms with Gasteiger partial charge in [0.05, 0.1) is 17.5 Å². The summed E-state index contributed by atoms with van der Waals surface area (Å²) in [5.41, 5.74) is 3.82. The molecule has 1 aromatic heterocycles. The minimum absolute atomic E-state index is 0.0256. The number of rotatable bonds is 8. The average molecular weight is 481 g/mol. The van der Waals surface area contributed by atoms with Gasteiger partial charge in [0, 0.05) is 36.0 Å². The van der Waals surface area contributed by atoms with Crippen molar-refractivity contribution in [1.82, 2.24) is 14.7 Å². The van der Waals surface area contributed by atoms with Gasteiger partial charge in [0.1, 0.15) is 11.6 Å². The van der Waals surface area contributed by atoms with Crippen molar-refractivity contribution < 1.29 is 14.3 Å². The van der Waals surface area contributed by atoms with Crippen LogP contribution in [0.25, 0.3) is 23.0 Å². The molecule has 1 aliphatic heterocycles. The molecule has 2 amide bonds. The van der Waals surface area contributed by atoms with Gasteiger partial charge in [-0.15, -0.1) is 0 Å². The second-order valence-electron chi connectivity index (χ2n) is 8.78. The molecule has 182 valence electrons. The van der Waals surface area contributed by atoms with E-state index in [4.69, 9.17) is 9.84 Å². The Morgan fingerprint density at radius 3 is 2.33 bits per heavy atom. The van der Waals surface area contributed by atoms with E-state index >= 15 is 0 Å². The Labute approximate surface area is 210 Å². The number of aromatic nitrogens is 2. The Kier molecular flexibility index (Phi) is 7.57. The highest BCUT2D eigenvalue weighted by Crippen LogP contribution is 2.31. The van der Waals surface area contributed by atoms with Gasteiger partial charge in [-0.25, -0.2) is 4.68 Å². The van der Waals surface area contributed by atoms with Crippen LogP contribution in [-0.4, -0.2) is 45.8 Å². The number of carbonyl (C=O) groups is 2. The fourth-order valence-corrected chi connectivity index (χ4v) is 4.06. The maximum atomic E-state index is 13.5. The third-order valence-electron chi connectivity index (χ3n) is 5.91. The van der Waals surface area contributed by atoms with Crippen molar-refractivity contribution in [3.05, 3.63) is 89.1 Å². The van der Waals surface area contributed by atoms with Gasteiger partial charge in [0.15, 0.2) is 0 Å². The maximum Gasteiger partial charge on any atom is 0.271 e. The molecule has 7 heteroatoms. The summed E-state index contributed by atoms with van der Waals surface area (Å²) in [5.74, 6) is -0.988. The van der Waals surface area contributed by atoms with E-state index in [-0.39, 0.29) is 18.2 Å². The molecule has 2 heterocycles. The SMILES string of the molecule is CC1=C(C#N)C(=O)N(CCCOC(C)C)C(=O)/C1=C/c1cn(-c2ccccc2)nc1-c1ccccc1. The average Bonchev–Trinajstić information content (AvgIpc) is 3.31. The van der Waals surface area contributed by atoms with Crippen molar-refractivity contribution in [3.8, 4) is 23.0 Å². The predicted molar refractivity (Wildman–Crippen MR) is 138 cm³/mol. The quantitative estimate of drug-likeness (QED) is 0.259. The van der Waals surface area contributed by atoms with E-state index in [1.54, 1.807) is 17.7 Å². The molecule has 2 aromatic carbocycles. The van der Waals surface area contributed by atoms with Crippen LogP contribution in [0.1, 0.15) is 32.8 Å². The van der Waals surface area contributed by atoms with Crippen molar-refractivity contribution in [3.63, 3.8) is 0 Å². The summed E-state index contributed by atoms with van der Waals surface area (Å²) in [6.07, 6.45) is 4.13. The number of benzene rings is 2. The molecule has 7 nitrogen and oxygen atoms in total. The van der Waals surface area contributed by atoms with Gasteiger partial charge in [0.25, 0.3) is 11.8 Å². The summed E-state index contributed by atoms with van der Waals surface area (Å²) in [6, 6.07) is 21.4. The Hall–Kier alpha value is -4.28. The molecule has 0 radical (unpaired) electrons. The van der Waals surface area contributed by atoms with Crippen LogP contribution in [0, 0.1) is 11.3 Å². The highest BCUT2D eigenvalue weighted by atomic mass is 16.5. The molecule has 0 bridgehead atoms. The molecular formula is C29H28N4O3. The first-order valence-corrected chi connectivity index (χ1v) is 11.9. The number of ether oxygens (including phenoxy) is 1. The zero-order valence-corrected chi connectivity index (χ0v) is 20.6. The number of nitriles is 1. The maximum absolute atomic E-state index is 13.5. The zero-order chi connectivity index (χ0) is 25.7. The van der Waals surface area contributed by atoms with Crippen LogP contribution in [-0.2, 0) is 14.3 Å². The third-order valence-corrected chi connectivity index (χ3v) is 5.91. The van der Waals surface area contributed by atoms with E-state index in [0.717, 1.165) is 16.2 Å². The van der Waals surface area contributed by atoms with E-state index in [9.17, 15) is 14.9 Å². The molecule has 0 aliphatic carbocycles. The van der Waals surface area contributed by atoms with Gasteiger partial charge in [-0.3, -0.25) is 14.5 Å². The van der Waals surface area contributed by atoms with Gasteiger partial charge in [0.2, 0.25) is 0 Å². The molecule has 0 unspecified atom stereocenters. The summed E-state index contributed by atoms with van der Waals surface area (Å²) in [7, 11) is 0. The lowest BCUT2D eigenvalue weighted by Crippen LogP contribution is -2.43. The van der Waals surface area contributed by atoms with Gasteiger partial charge < -0.3 is 4.74 Å². The number of para-hydroxylation sites is 1. The summed E-state index contributed by atoms with van der Waals surface area (Å²) in [5, 5.41) is 14.5. The number of hydrogen-bond acceptors (Lipinski definition) is 5. The smallest absolute Gasteiger partial charge is 0.271 e. The van der Waals surface area contributed by atoms with Crippen LogP contribution >= 0.6 is 0 Å². The molecule has 0 fully saturated rings. The lowest BCUT2D eigenvalue weighted by atomic mass is 9.93. The second-order valence-corrected chi connectivity index (χ2v) is 8.78. The first-order chi connectivity index (χ1) is 17.4. The fraction of sp³-hybridized carbons (Fsp3) is 0.241. The van der Waals surface area contributed by atoms with E-state index in [1.807, 2.05) is 86.8 Å². The van der Waals surface area contributed by atoms with Crippen LogP contribution in [0.3, 0.4) is 0 Å². The van der Waals surface area contributed by atoms with E-state index in [2.05, 4.69) is 0 Å². The number of imide groups is 1. The molecule has 4 rings (SSSR count). The molecule has 0 atom stereocenters.